The van der Waals surface area contributed by atoms with Crippen LogP contribution >= 0.6 is 0 Å². The molecule has 1 aromatic heterocycles. The van der Waals surface area contributed by atoms with E-state index < -0.39 is 4.92 Å². The molecule has 1 N–H and O–H groups in total. The molecule has 0 atom stereocenters. The molecule has 3 aromatic rings. The number of hydrogen-bond acceptors (Lipinski definition) is 5. The van der Waals surface area contributed by atoms with Crippen LogP contribution in [0.5, 0.6) is 0 Å². The maximum absolute atomic E-state index is 12.1. The number of aryl methyl sites for hydroxylation is 1. The zero-order chi connectivity index (χ0) is 17.8. The van der Waals surface area contributed by atoms with E-state index in [2.05, 4.69) is 15.5 Å². The van der Waals surface area contributed by atoms with Gasteiger partial charge in [0.2, 0.25) is 0 Å². The average molecular weight is 337 g/mol. The second-order valence-electron chi connectivity index (χ2n) is 5.34. The number of carbonyl (C=O) groups excluding carboxylic acids is 1. The standard InChI is InChI=1S/C17H15N5O3/c1-12-19-14-7-3-5-9-16(14)21(12)11-17(23)20-18-10-13-6-2-4-8-15(13)22(24)25/h2-10H,11H2,1H3,(H,20,23)/b18-10+. The highest BCUT2D eigenvalue weighted by atomic mass is 16.6. The molecule has 8 nitrogen and oxygen atoms in total. The maximum Gasteiger partial charge on any atom is 0.278 e. The molecule has 0 radical (unpaired) electrons. The molecule has 1 amide bonds. The van der Waals surface area contributed by atoms with Gasteiger partial charge in [-0.3, -0.25) is 14.9 Å². The van der Waals surface area contributed by atoms with Crippen LogP contribution in [0.2, 0.25) is 0 Å². The summed E-state index contributed by atoms with van der Waals surface area (Å²) in [4.78, 5) is 26.9. The van der Waals surface area contributed by atoms with E-state index in [-0.39, 0.29) is 18.1 Å². The summed E-state index contributed by atoms with van der Waals surface area (Å²) in [6.45, 7) is 1.88. The van der Waals surface area contributed by atoms with E-state index in [0.717, 1.165) is 16.9 Å². The van der Waals surface area contributed by atoms with Crippen LogP contribution in [0.25, 0.3) is 11.0 Å². The Hall–Kier alpha value is -3.55. The summed E-state index contributed by atoms with van der Waals surface area (Å²) in [5, 5.41) is 14.8. The number of nitrogens with one attached hydrogen (secondary N) is 1. The molecular formula is C17H15N5O3. The van der Waals surface area contributed by atoms with E-state index >= 15 is 0 Å². The number of nitrogens with zero attached hydrogens (tertiary/aromatic N) is 4. The SMILES string of the molecule is Cc1nc2ccccc2n1CC(=O)N/N=C/c1ccccc1[N+](=O)[O-]. The second-order valence-corrected chi connectivity index (χ2v) is 5.34. The molecule has 0 aliphatic heterocycles. The highest BCUT2D eigenvalue weighted by Crippen LogP contribution is 2.16. The average Bonchev–Trinajstić information content (AvgIpc) is 2.91. The molecule has 0 saturated carbocycles. The zero-order valence-corrected chi connectivity index (χ0v) is 13.4. The minimum atomic E-state index is -0.496. The number of nitro benzene ring substituents is 1. The summed E-state index contributed by atoms with van der Waals surface area (Å²) >= 11 is 0. The van der Waals surface area contributed by atoms with Crippen molar-refractivity contribution in [1.29, 1.82) is 0 Å². The Morgan fingerprint density at radius 3 is 2.80 bits per heavy atom. The van der Waals surface area contributed by atoms with Gasteiger partial charge in [-0.1, -0.05) is 24.3 Å². The summed E-state index contributed by atoms with van der Waals surface area (Å²) in [5.41, 5.74) is 4.31. The van der Waals surface area contributed by atoms with Gasteiger partial charge in [0, 0.05) is 6.07 Å². The summed E-state index contributed by atoms with van der Waals surface area (Å²) < 4.78 is 1.78. The van der Waals surface area contributed by atoms with Gasteiger partial charge in [-0.05, 0) is 25.1 Å². The van der Waals surface area contributed by atoms with Crippen molar-refractivity contribution >= 4 is 28.8 Å². The van der Waals surface area contributed by atoms with E-state index in [1.54, 1.807) is 22.8 Å². The first-order valence-corrected chi connectivity index (χ1v) is 7.53. The molecule has 0 aliphatic rings. The minimum Gasteiger partial charge on any atom is -0.319 e. The molecule has 0 unspecified atom stereocenters. The van der Waals surface area contributed by atoms with Gasteiger partial charge in [0.15, 0.2) is 0 Å². The minimum absolute atomic E-state index is 0.0561. The first-order chi connectivity index (χ1) is 12.1. The summed E-state index contributed by atoms with van der Waals surface area (Å²) in [5.74, 6) is 0.375. The van der Waals surface area contributed by atoms with Crippen LogP contribution < -0.4 is 5.43 Å². The van der Waals surface area contributed by atoms with E-state index in [0.29, 0.717) is 5.56 Å². The molecule has 25 heavy (non-hydrogen) atoms. The quantitative estimate of drug-likeness (QED) is 0.439. The van der Waals surface area contributed by atoms with Crippen LogP contribution in [-0.2, 0) is 11.3 Å². The van der Waals surface area contributed by atoms with Gasteiger partial charge in [-0.2, -0.15) is 5.10 Å². The lowest BCUT2D eigenvalue weighted by molar-refractivity contribution is -0.385. The van der Waals surface area contributed by atoms with Crippen LogP contribution in [0.15, 0.2) is 53.6 Å². The van der Waals surface area contributed by atoms with E-state index in [9.17, 15) is 14.9 Å². The number of rotatable bonds is 5. The van der Waals surface area contributed by atoms with Gasteiger partial charge >= 0.3 is 0 Å². The van der Waals surface area contributed by atoms with Crippen molar-refractivity contribution in [1.82, 2.24) is 15.0 Å². The predicted molar refractivity (Wildman–Crippen MR) is 93.3 cm³/mol. The fraction of sp³-hybridized carbons (Fsp3) is 0.118. The lowest BCUT2D eigenvalue weighted by Crippen LogP contribution is -2.23. The van der Waals surface area contributed by atoms with Crippen LogP contribution in [0.1, 0.15) is 11.4 Å². The number of hydrogen-bond donors (Lipinski definition) is 1. The fourth-order valence-corrected chi connectivity index (χ4v) is 2.51. The van der Waals surface area contributed by atoms with Gasteiger partial charge in [-0.15, -0.1) is 0 Å². The first kappa shape index (κ1) is 16.3. The van der Waals surface area contributed by atoms with Gasteiger partial charge in [0.25, 0.3) is 11.6 Å². The Morgan fingerprint density at radius 2 is 2.00 bits per heavy atom. The molecule has 0 bridgehead atoms. The second kappa shape index (κ2) is 6.91. The Bertz CT molecular complexity index is 977. The molecule has 3 rings (SSSR count). The molecule has 0 saturated heterocycles. The van der Waals surface area contributed by atoms with Crippen molar-refractivity contribution in [2.75, 3.05) is 0 Å². The number of carbonyl (C=O) groups is 1. The number of imidazole rings is 1. The third kappa shape index (κ3) is 3.52. The first-order valence-electron chi connectivity index (χ1n) is 7.53. The van der Waals surface area contributed by atoms with Crippen molar-refractivity contribution in [3.63, 3.8) is 0 Å². The molecule has 2 aromatic carbocycles. The van der Waals surface area contributed by atoms with Crippen molar-refractivity contribution < 1.29 is 9.72 Å². The molecule has 8 heteroatoms. The van der Waals surface area contributed by atoms with Gasteiger partial charge in [0.05, 0.1) is 27.7 Å². The number of hydrazone groups is 1. The lowest BCUT2D eigenvalue weighted by atomic mass is 10.2. The molecule has 1 heterocycles. The molecule has 126 valence electrons. The number of amides is 1. The van der Waals surface area contributed by atoms with Gasteiger partial charge < -0.3 is 4.57 Å². The topological polar surface area (TPSA) is 102 Å². The molecule has 0 aliphatic carbocycles. The van der Waals surface area contributed by atoms with Crippen molar-refractivity contribution in [2.24, 2.45) is 5.10 Å². The number of fused-ring (bicyclic) bond motifs is 1. The van der Waals surface area contributed by atoms with E-state index in [1.807, 2.05) is 31.2 Å². The third-order valence-corrected chi connectivity index (χ3v) is 3.67. The molecule has 0 spiro atoms. The summed E-state index contributed by atoms with van der Waals surface area (Å²) in [7, 11) is 0. The monoisotopic (exact) mass is 337 g/mol. The summed E-state index contributed by atoms with van der Waals surface area (Å²) in [6.07, 6.45) is 1.26. The van der Waals surface area contributed by atoms with Crippen molar-refractivity contribution in [2.45, 2.75) is 13.5 Å². The molecule has 0 fully saturated rings. The van der Waals surface area contributed by atoms with E-state index in [1.165, 1.54) is 12.3 Å². The Labute approximate surface area is 142 Å². The van der Waals surface area contributed by atoms with E-state index in [4.69, 9.17) is 0 Å². The third-order valence-electron chi connectivity index (χ3n) is 3.67. The Balaban J connectivity index is 1.71. The maximum atomic E-state index is 12.1. The number of benzene rings is 2. The number of nitro groups is 1. The van der Waals surface area contributed by atoms with Crippen LogP contribution in [-0.4, -0.2) is 26.6 Å². The van der Waals surface area contributed by atoms with Crippen LogP contribution in [0, 0.1) is 17.0 Å². The number of aromatic nitrogens is 2. The smallest absolute Gasteiger partial charge is 0.278 e. The Morgan fingerprint density at radius 1 is 1.28 bits per heavy atom. The zero-order valence-electron chi connectivity index (χ0n) is 13.4. The normalized spacial score (nSPS) is 11.1. The highest BCUT2D eigenvalue weighted by molar-refractivity contribution is 5.87. The fourth-order valence-electron chi connectivity index (χ4n) is 2.51. The van der Waals surface area contributed by atoms with Gasteiger partial charge in [-0.25, -0.2) is 10.4 Å². The summed E-state index contributed by atoms with van der Waals surface area (Å²) in [6, 6.07) is 13.7. The molecular weight excluding hydrogens is 322 g/mol. The largest absolute Gasteiger partial charge is 0.319 e. The predicted octanol–water partition coefficient (Wildman–Crippen LogP) is 2.40. The number of para-hydroxylation sites is 3. The Kier molecular flexibility index (Phi) is 4.51. The van der Waals surface area contributed by atoms with Crippen LogP contribution in [0.3, 0.4) is 0 Å². The van der Waals surface area contributed by atoms with Crippen LogP contribution in [0.4, 0.5) is 5.69 Å². The van der Waals surface area contributed by atoms with Crippen molar-refractivity contribution in [3.8, 4) is 0 Å². The highest BCUT2D eigenvalue weighted by Gasteiger charge is 2.11. The van der Waals surface area contributed by atoms with Gasteiger partial charge in [0.1, 0.15) is 12.4 Å². The lowest BCUT2D eigenvalue weighted by Gasteiger charge is -2.05. The van der Waals surface area contributed by atoms with Crippen molar-refractivity contribution in [3.05, 3.63) is 70.0 Å².